The number of rotatable bonds is 5. The van der Waals surface area contributed by atoms with Crippen LogP contribution in [0.3, 0.4) is 0 Å². The van der Waals surface area contributed by atoms with Crippen LogP contribution in [0.4, 0.5) is 5.69 Å². The number of anilines is 1. The van der Waals surface area contributed by atoms with Crippen LogP contribution in [0.5, 0.6) is 11.5 Å². The van der Waals surface area contributed by atoms with Crippen molar-refractivity contribution in [1.82, 2.24) is 5.32 Å². The maximum atomic E-state index is 12.0. The van der Waals surface area contributed by atoms with Gasteiger partial charge in [-0.15, -0.1) is 0 Å². The van der Waals surface area contributed by atoms with Crippen molar-refractivity contribution in [2.45, 2.75) is 18.9 Å². The van der Waals surface area contributed by atoms with E-state index in [1.165, 1.54) is 0 Å². The number of hydrogen-bond acceptors (Lipinski definition) is 4. The Bertz CT molecular complexity index is 817. The fraction of sp³-hybridized carbons (Fsp3) is 0.167. The lowest BCUT2D eigenvalue weighted by Crippen LogP contribution is -2.37. The molecule has 0 spiro atoms. The van der Waals surface area contributed by atoms with Crippen molar-refractivity contribution in [2.24, 2.45) is 5.73 Å². The van der Waals surface area contributed by atoms with E-state index in [1.54, 1.807) is 48.5 Å². The van der Waals surface area contributed by atoms with E-state index >= 15 is 0 Å². The summed E-state index contributed by atoms with van der Waals surface area (Å²) in [7, 11) is 0. The number of carbonyl (C=O) groups is 3. The number of nitrogens with one attached hydrogen (secondary N) is 2. The van der Waals surface area contributed by atoms with Gasteiger partial charge in [0.2, 0.25) is 17.7 Å². The van der Waals surface area contributed by atoms with Crippen LogP contribution >= 0.6 is 0 Å². The topological polar surface area (TPSA) is 111 Å². The molecule has 7 heteroatoms. The molecule has 3 rings (SSSR count). The monoisotopic (exact) mass is 339 g/mol. The second-order valence-corrected chi connectivity index (χ2v) is 5.67. The molecule has 0 unspecified atom stereocenters. The zero-order valence-electron chi connectivity index (χ0n) is 13.3. The van der Waals surface area contributed by atoms with Crippen molar-refractivity contribution >= 4 is 23.4 Å². The molecule has 1 fully saturated rings. The van der Waals surface area contributed by atoms with Gasteiger partial charge in [0.25, 0.3) is 0 Å². The molecule has 0 aromatic heterocycles. The molecular formula is C18H17N3O4. The predicted molar refractivity (Wildman–Crippen MR) is 91.3 cm³/mol. The molecule has 1 saturated heterocycles. The maximum Gasteiger partial charge on any atom is 0.248 e. The first-order valence-electron chi connectivity index (χ1n) is 7.79. The van der Waals surface area contributed by atoms with Crippen LogP contribution in [-0.4, -0.2) is 23.8 Å². The van der Waals surface area contributed by atoms with Crippen molar-refractivity contribution in [1.29, 1.82) is 0 Å². The zero-order chi connectivity index (χ0) is 17.8. The molecule has 4 N–H and O–H groups in total. The molecule has 0 bridgehead atoms. The lowest BCUT2D eigenvalue weighted by atomic mass is 10.2. The third kappa shape index (κ3) is 4.14. The minimum absolute atomic E-state index is 0.109. The minimum Gasteiger partial charge on any atom is -0.457 e. The zero-order valence-corrected chi connectivity index (χ0v) is 13.3. The normalized spacial score (nSPS) is 16.2. The molecule has 1 atom stereocenters. The fourth-order valence-corrected chi connectivity index (χ4v) is 2.50. The van der Waals surface area contributed by atoms with E-state index in [-0.39, 0.29) is 11.8 Å². The van der Waals surface area contributed by atoms with Crippen molar-refractivity contribution < 1.29 is 19.1 Å². The molecule has 25 heavy (non-hydrogen) atoms. The first-order valence-corrected chi connectivity index (χ1v) is 7.79. The van der Waals surface area contributed by atoms with E-state index in [2.05, 4.69) is 10.6 Å². The van der Waals surface area contributed by atoms with Crippen LogP contribution in [0.2, 0.25) is 0 Å². The van der Waals surface area contributed by atoms with E-state index in [0.29, 0.717) is 35.6 Å². The Morgan fingerprint density at radius 3 is 2.52 bits per heavy atom. The highest BCUT2D eigenvalue weighted by molar-refractivity contribution is 5.99. The summed E-state index contributed by atoms with van der Waals surface area (Å²) in [6, 6.07) is 12.9. The molecule has 0 radical (unpaired) electrons. The van der Waals surface area contributed by atoms with Crippen molar-refractivity contribution in [2.75, 3.05) is 5.32 Å². The van der Waals surface area contributed by atoms with Gasteiger partial charge in [-0.1, -0.05) is 6.07 Å². The van der Waals surface area contributed by atoms with Gasteiger partial charge in [0, 0.05) is 17.7 Å². The second-order valence-electron chi connectivity index (χ2n) is 5.67. The summed E-state index contributed by atoms with van der Waals surface area (Å²) < 4.78 is 5.67. The molecule has 0 aliphatic carbocycles. The average Bonchev–Trinajstić information content (AvgIpc) is 3.03. The number of hydrogen-bond donors (Lipinski definition) is 3. The lowest BCUT2D eigenvalue weighted by molar-refractivity contribution is -0.122. The van der Waals surface area contributed by atoms with Crippen molar-refractivity contribution in [3.63, 3.8) is 0 Å². The SMILES string of the molecule is NC(=O)c1cccc(Oc2ccc(NC(=O)[C@H]3CCC(=O)N3)cc2)c1. The van der Waals surface area contributed by atoms with Gasteiger partial charge in [-0.3, -0.25) is 14.4 Å². The first-order chi connectivity index (χ1) is 12.0. The Hall–Kier alpha value is -3.35. The standard InChI is InChI=1S/C18H17N3O4/c19-17(23)11-2-1-3-14(10-11)25-13-6-4-12(5-7-13)20-18(24)15-8-9-16(22)21-15/h1-7,10,15H,8-9H2,(H2,19,23)(H,20,24)(H,21,22)/t15-/m1/s1. The summed E-state index contributed by atoms with van der Waals surface area (Å²) in [5.41, 5.74) is 6.20. The molecule has 2 aromatic rings. The van der Waals surface area contributed by atoms with Crippen molar-refractivity contribution in [3.05, 3.63) is 54.1 Å². The Balaban J connectivity index is 1.62. The lowest BCUT2D eigenvalue weighted by Gasteiger charge is -2.12. The van der Waals surface area contributed by atoms with Gasteiger partial charge in [-0.2, -0.15) is 0 Å². The van der Waals surface area contributed by atoms with Gasteiger partial charge in [0.05, 0.1) is 0 Å². The fourth-order valence-electron chi connectivity index (χ4n) is 2.50. The van der Waals surface area contributed by atoms with E-state index in [0.717, 1.165) is 0 Å². The van der Waals surface area contributed by atoms with Gasteiger partial charge in [-0.05, 0) is 48.9 Å². The summed E-state index contributed by atoms with van der Waals surface area (Å²) in [6.45, 7) is 0. The molecule has 1 heterocycles. The van der Waals surface area contributed by atoms with Crippen LogP contribution in [0.15, 0.2) is 48.5 Å². The molecule has 0 saturated carbocycles. The highest BCUT2D eigenvalue weighted by Gasteiger charge is 2.27. The molecular weight excluding hydrogens is 322 g/mol. The number of primary amides is 1. The number of ether oxygens (including phenoxy) is 1. The third-order valence-electron chi connectivity index (χ3n) is 3.79. The molecule has 128 valence electrons. The first kappa shape index (κ1) is 16.5. The van der Waals surface area contributed by atoms with Gasteiger partial charge in [0.15, 0.2) is 0 Å². The van der Waals surface area contributed by atoms with E-state index in [1.807, 2.05) is 0 Å². The summed E-state index contributed by atoms with van der Waals surface area (Å²) in [5, 5.41) is 5.37. The van der Waals surface area contributed by atoms with Crippen LogP contribution < -0.4 is 21.1 Å². The number of benzene rings is 2. The van der Waals surface area contributed by atoms with E-state index in [4.69, 9.17) is 10.5 Å². The van der Waals surface area contributed by atoms with Crippen LogP contribution in [0.1, 0.15) is 23.2 Å². The smallest absolute Gasteiger partial charge is 0.248 e. The minimum atomic E-state index is -0.525. The average molecular weight is 339 g/mol. The maximum absolute atomic E-state index is 12.0. The summed E-state index contributed by atoms with van der Waals surface area (Å²) in [4.78, 5) is 34.4. The summed E-state index contributed by atoms with van der Waals surface area (Å²) >= 11 is 0. The van der Waals surface area contributed by atoms with Gasteiger partial charge >= 0.3 is 0 Å². The van der Waals surface area contributed by atoms with Gasteiger partial charge in [-0.25, -0.2) is 0 Å². The Labute approximate surface area is 144 Å². The highest BCUT2D eigenvalue weighted by atomic mass is 16.5. The molecule has 2 aromatic carbocycles. The Morgan fingerprint density at radius 2 is 1.88 bits per heavy atom. The van der Waals surface area contributed by atoms with E-state index in [9.17, 15) is 14.4 Å². The molecule has 3 amide bonds. The third-order valence-corrected chi connectivity index (χ3v) is 3.79. The predicted octanol–water partition coefficient (Wildman–Crippen LogP) is 1.79. The van der Waals surface area contributed by atoms with Gasteiger partial charge in [0.1, 0.15) is 17.5 Å². The van der Waals surface area contributed by atoms with Crippen LogP contribution in [-0.2, 0) is 9.59 Å². The van der Waals surface area contributed by atoms with E-state index < -0.39 is 11.9 Å². The number of nitrogens with two attached hydrogens (primary N) is 1. The molecule has 1 aliphatic rings. The second kappa shape index (κ2) is 7.04. The van der Waals surface area contributed by atoms with Gasteiger partial charge < -0.3 is 21.1 Å². The largest absolute Gasteiger partial charge is 0.457 e. The molecule has 1 aliphatic heterocycles. The highest BCUT2D eigenvalue weighted by Crippen LogP contribution is 2.24. The molecule has 7 nitrogen and oxygen atoms in total. The van der Waals surface area contributed by atoms with Crippen molar-refractivity contribution in [3.8, 4) is 11.5 Å². The van der Waals surface area contributed by atoms with Crippen LogP contribution in [0, 0.1) is 0 Å². The Kier molecular flexibility index (Phi) is 4.65. The van der Waals surface area contributed by atoms with Crippen LogP contribution in [0.25, 0.3) is 0 Å². The summed E-state index contributed by atoms with van der Waals surface area (Å²) in [5.74, 6) is 0.161. The summed E-state index contributed by atoms with van der Waals surface area (Å²) in [6.07, 6.45) is 0.872. The number of amides is 3. The quantitative estimate of drug-likeness (QED) is 0.771. The Morgan fingerprint density at radius 1 is 1.12 bits per heavy atom. The number of carbonyl (C=O) groups excluding carboxylic acids is 3.